The smallest absolute Gasteiger partial charge is 0.297 e. The summed E-state index contributed by atoms with van der Waals surface area (Å²) in [6.45, 7) is 14.6. The molecule has 0 N–H and O–H groups in total. The number of hydrogen-bond donors (Lipinski definition) is 0. The molecule has 0 radical (unpaired) electrons. The third-order valence-electron chi connectivity index (χ3n) is 5.01. The normalized spacial score (nSPS) is 19.8. The van der Waals surface area contributed by atoms with Gasteiger partial charge in [0.1, 0.15) is 0 Å². The molecule has 1 aliphatic carbocycles. The third-order valence-corrected chi connectivity index (χ3v) is 5.01. The first-order valence-electron chi connectivity index (χ1n) is 8.40. The van der Waals surface area contributed by atoms with Gasteiger partial charge in [-0.25, -0.2) is 13.1 Å². The Morgan fingerprint density at radius 1 is 0.885 bits per heavy atom. The maximum absolute atomic E-state index is 9.37. The summed E-state index contributed by atoms with van der Waals surface area (Å²) in [4.78, 5) is 6.93. The van der Waals surface area contributed by atoms with E-state index in [1.165, 1.54) is 5.56 Å². The molecule has 0 fully saturated rings. The van der Waals surface area contributed by atoms with Crippen LogP contribution in [0.3, 0.4) is 0 Å². The molecule has 4 unspecified atom stereocenters. The first-order valence-corrected chi connectivity index (χ1v) is 8.40. The van der Waals surface area contributed by atoms with Crippen molar-refractivity contribution < 1.29 is 0 Å². The van der Waals surface area contributed by atoms with Crippen molar-refractivity contribution in [3.05, 3.63) is 93.6 Å². The minimum absolute atomic E-state index is 0.235. The van der Waals surface area contributed by atoms with Crippen molar-refractivity contribution in [1.82, 2.24) is 0 Å². The molecule has 0 amide bonds. The topological polar surface area (TPSA) is 56.3 Å². The molecule has 0 bridgehead atoms. The standard InChI is InChI=1S/C22H16N4/c1-25-21(13-23)19-12-20(22(14-24)26-2)18-11-16(8-9-17(18)19)10-15-6-4-3-5-7-15/h3-9,11,19-22H,10,12H2. The van der Waals surface area contributed by atoms with E-state index in [0.29, 0.717) is 6.42 Å². The fourth-order valence-corrected chi connectivity index (χ4v) is 3.77. The molecule has 0 saturated heterocycles. The van der Waals surface area contributed by atoms with E-state index in [0.717, 1.165) is 23.1 Å². The maximum atomic E-state index is 9.37. The van der Waals surface area contributed by atoms with Crippen molar-refractivity contribution >= 4 is 0 Å². The van der Waals surface area contributed by atoms with E-state index in [9.17, 15) is 10.5 Å². The lowest BCUT2D eigenvalue weighted by atomic mass is 9.92. The summed E-state index contributed by atoms with van der Waals surface area (Å²) in [7, 11) is 0. The van der Waals surface area contributed by atoms with Gasteiger partial charge < -0.3 is 0 Å². The Morgan fingerprint density at radius 3 is 2.08 bits per heavy atom. The van der Waals surface area contributed by atoms with Gasteiger partial charge in [-0.05, 0) is 35.1 Å². The molecule has 0 aliphatic heterocycles. The first-order chi connectivity index (χ1) is 12.7. The van der Waals surface area contributed by atoms with Crippen LogP contribution in [0.25, 0.3) is 9.69 Å². The summed E-state index contributed by atoms with van der Waals surface area (Å²) in [5.74, 6) is -0.480. The lowest BCUT2D eigenvalue weighted by Gasteiger charge is -2.11. The summed E-state index contributed by atoms with van der Waals surface area (Å²) >= 11 is 0. The molecule has 1 aliphatic rings. The van der Waals surface area contributed by atoms with Crippen LogP contribution in [0, 0.1) is 35.8 Å². The average molecular weight is 336 g/mol. The highest BCUT2D eigenvalue weighted by molar-refractivity contribution is 5.47. The third kappa shape index (κ3) is 3.15. The highest BCUT2D eigenvalue weighted by Gasteiger charge is 2.44. The fourth-order valence-electron chi connectivity index (χ4n) is 3.77. The molecule has 3 rings (SSSR count). The Labute approximate surface area is 153 Å². The van der Waals surface area contributed by atoms with E-state index < -0.39 is 12.1 Å². The van der Waals surface area contributed by atoms with E-state index in [1.54, 1.807) is 0 Å². The molecule has 4 heteroatoms. The number of nitriles is 2. The van der Waals surface area contributed by atoms with Gasteiger partial charge in [-0.1, -0.05) is 48.5 Å². The largest absolute Gasteiger partial charge is 0.313 e. The molecule has 26 heavy (non-hydrogen) atoms. The molecule has 2 aromatic carbocycles. The fraction of sp³-hybridized carbons (Fsp3) is 0.273. The molecule has 2 aromatic rings. The molecule has 4 nitrogen and oxygen atoms in total. The maximum Gasteiger partial charge on any atom is 0.313 e. The number of rotatable bonds is 4. The van der Waals surface area contributed by atoms with Crippen molar-refractivity contribution in [2.45, 2.75) is 36.8 Å². The van der Waals surface area contributed by atoms with Crippen molar-refractivity contribution in [3.63, 3.8) is 0 Å². The first kappa shape index (κ1) is 17.2. The van der Waals surface area contributed by atoms with Gasteiger partial charge in [0.05, 0.1) is 11.8 Å². The predicted octanol–water partition coefficient (Wildman–Crippen LogP) is 4.47. The monoisotopic (exact) mass is 336 g/mol. The van der Waals surface area contributed by atoms with Crippen molar-refractivity contribution in [3.8, 4) is 12.1 Å². The van der Waals surface area contributed by atoms with Crippen LogP contribution in [0.4, 0.5) is 0 Å². The van der Waals surface area contributed by atoms with E-state index in [2.05, 4.69) is 40.0 Å². The summed E-state index contributed by atoms with van der Waals surface area (Å²) in [6.07, 6.45) is 1.27. The number of fused-ring (bicyclic) bond motifs is 1. The molecule has 124 valence electrons. The van der Waals surface area contributed by atoms with Crippen molar-refractivity contribution in [1.29, 1.82) is 10.5 Å². The SMILES string of the molecule is [C-]#[N+]C(C#N)C1CC(C(C#N)[N+]#[C-])c2cc(Cc3ccccc3)ccc21. The van der Waals surface area contributed by atoms with Crippen molar-refractivity contribution in [2.24, 2.45) is 0 Å². The van der Waals surface area contributed by atoms with E-state index in [1.807, 2.05) is 30.3 Å². The van der Waals surface area contributed by atoms with Gasteiger partial charge in [0.2, 0.25) is 0 Å². The molecular formula is C22H16N4. The van der Waals surface area contributed by atoms with Gasteiger partial charge in [0, 0.05) is 0 Å². The molecule has 0 saturated carbocycles. The summed E-state index contributed by atoms with van der Waals surface area (Å²) in [5.41, 5.74) is 4.20. The highest BCUT2D eigenvalue weighted by Crippen LogP contribution is 2.47. The van der Waals surface area contributed by atoms with Gasteiger partial charge in [0.15, 0.2) is 12.1 Å². The number of nitrogens with zero attached hydrogens (tertiary/aromatic N) is 4. The lowest BCUT2D eigenvalue weighted by molar-refractivity contribution is 0.573. The minimum Gasteiger partial charge on any atom is -0.297 e. The Bertz CT molecular complexity index is 938. The average Bonchev–Trinajstić information content (AvgIpc) is 3.04. The van der Waals surface area contributed by atoms with E-state index >= 15 is 0 Å². The number of hydrogen-bond acceptors (Lipinski definition) is 2. The van der Waals surface area contributed by atoms with Gasteiger partial charge in [-0.2, -0.15) is 10.5 Å². The van der Waals surface area contributed by atoms with Crippen molar-refractivity contribution in [2.75, 3.05) is 0 Å². The Kier molecular flexibility index (Phi) is 4.99. The van der Waals surface area contributed by atoms with Crippen LogP contribution in [0.15, 0.2) is 48.5 Å². The van der Waals surface area contributed by atoms with Gasteiger partial charge in [0.25, 0.3) is 0 Å². The predicted molar refractivity (Wildman–Crippen MR) is 97.8 cm³/mol. The molecule has 0 aromatic heterocycles. The Morgan fingerprint density at radius 2 is 1.50 bits per heavy atom. The van der Waals surface area contributed by atoms with Gasteiger partial charge in [-0.3, -0.25) is 9.69 Å². The quantitative estimate of drug-likeness (QED) is 0.773. The van der Waals surface area contributed by atoms with Crippen LogP contribution < -0.4 is 0 Å². The van der Waals surface area contributed by atoms with E-state index in [-0.39, 0.29) is 11.8 Å². The summed E-state index contributed by atoms with van der Waals surface area (Å²) in [6, 6.07) is 18.8. The lowest BCUT2D eigenvalue weighted by Crippen LogP contribution is -2.13. The molecular weight excluding hydrogens is 320 g/mol. The zero-order chi connectivity index (χ0) is 18.5. The zero-order valence-corrected chi connectivity index (χ0v) is 14.1. The van der Waals surface area contributed by atoms with Crippen LogP contribution in [-0.2, 0) is 6.42 Å². The molecule has 0 spiro atoms. The Hall–Kier alpha value is -3.60. The molecule has 4 atom stereocenters. The highest BCUT2D eigenvalue weighted by atomic mass is 14.8. The second-order valence-electron chi connectivity index (χ2n) is 6.48. The van der Waals surface area contributed by atoms with E-state index in [4.69, 9.17) is 13.1 Å². The Balaban J connectivity index is 2.01. The van der Waals surface area contributed by atoms with Crippen LogP contribution in [0.1, 0.15) is 40.5 Å². The minimum atomic E-state index is -0.782. The number of benzene rings is 2. The van der Waals surface area contributed by atoms with Crippen LogP contribution in [0.2, 0.25) is 0 Å². The zero-order valence-electron chi connectivity index (χ0n) is 14.1. The summed E-state index contributed by atoms with van der Waals surface area (Å²) < 4.78 is 0. The van der Waals surface area contributed by atoms with Crippen LogP contribution in [-0.4, -0.2) is 12.1 Å². The van der Waals surface area contributed by atoms with Crippen LogP contribution >= 0.6 is 0 Å². The van der Waals surface area contributed by atoms with Crippen LogP contribution in [0.5, 0.6) is 0 Å². The summed E-state index contributed by atoms with van der Waals surface area (Å²) in [5, 5.41) is 18.7. The van der Waals surface area contributed by atoms with Gasteiger partial charge in [-0.15, -0.1) is 0 Å². The molecule has 0 heterocycles. The second-order valence-corrected chi connectivity index (χ2v) is 6.48. The second kappa shape index (κ2) is 7.53. The van der Waals surface area contributed by atoms with Gasteiger partial charge >= 0.3 is 12.1 Å².